The molecule has 1 unspecified atom stereocenters. The van der Waals surface area contributed by atoms with Crippen LogP contribution in [-0.2, 0) is 28.7 Å². The number of carboxylic acids is 1. The molecule has 1 heterocycles. The lowest BCUT2D eigenvalue weighted by molar-refractivity contribution is -0.148. The molecule has 3 aromatic rings. The van der Waals surface area contributed by atoms with Crippen molar-refractivity contribution in [3.8, 4) is 22.8 Å². The number of aromatic nitrogens is 1. The summed E-state index contributed by atoms with van der Waals surface area (Å²) in [6, 6.07) is 14.7. The van der Waals surface area contributed by atoms with Crippen LogP contribution in [0.15, 0.2) is 78.9 Å². The zero-order chi connectivity index (χ0) is 41.1. The molecule has 0 spiro atoms. The van der Waals surface area contributed by atoms with Gasteiger partial charge in [0.1, 0.15) is 35.2 Å². The molecule has 13 heteroatoms. The Kier molecular flexibility index (Phi) is 12.1. The number of nitrogens with zero attached hydrogens (tertiary/aromatic N) is 1. The van der Waals surface area contributed by atoms with E-state index in [1.807, 2.05) is 36.4 Å². The molecule has 2 saturated carbocycles. The van der Waals surface area contributed by atoms with Crippen molar-refractivity contribution in [1.29, 1.82) is 0 Å². The van der Waals surface area contributed by atoms with Crippen molar-refractivity contribution in [2.75, 3.05) is 14.2 Å². The SMILES string of the molecule is C=CC1C[C@]1(NC(=O)[C@H]1C[C@H](Oc2cc(-c3ccccc3)nc3cc(OC)ccc23)C=C1C(=O)N[C@H](C(=O)N[C@H](C(=O)OC)C1CCCCC1)C(C)(C)C)C(=O)O. The highest BCUT2D eigenvalue weighted by Crippen LogP contribution is 2.45. The predicted octanol–water partition coefficient (Wildman–Crippen LogP) is 5.52. The van der Waals surface area contributed by atoms with Crippen LogP contribution in [-0.4, -0.2) is 77.7 Å². The standard InChI is InChI=1S/C44H52N4O9/c1-7-27-24-44(27,42(53)54)48-39(50)32-21-29(57-35-23-33(25-14-10-8-11-15-25)45-34-22-28(55-5)18-19-30(34)35)20-31(32)38(49)47-37(43(2,3)4)40(51)46-36(41(52)56-6)26-16-12-9-13-17-26/h7-8,10-11,14-15,18-20,22-23,26-27,29,32,36-37H,1,9,12-13,16-17,21,24H2,2-6H3,(H,46,51)(H,47,49)(H,48,50)(H,53,54)/t27?,29-,32+,36+,37-,44-/m1/s1. The van der Waals surface area contributed by atoms with E-state index < -0.39 is 70.6 Å². The molecular formula is C44H52N4O9. The molecule has 4 N–H and O–H groups in total. The monoisotopic (exact) mass is 780 g/mol. The fraction of sp³-hybridized carbons (Fsp3) is 0.455. The molecule has 13 nitrogen and oxygen atoms in total. The third-order valence-electron chi connectivity index (χ3n) is 11.4. The van der Waals surface area contributed by atoms with Gasteiger partial charge in [0.05, 0.1) is 31.3 Å². The van der Waals surface area contributed by atoms with Gasteiger partial charge in [0.25, 0.3) is 0 Å². The maximum Gasteiger partial charge on any atom is 0.330 e. The van der Waals surface area contributed by atoms with E-state index in [4.69, 9.17) is 19.2 Å². The van der Waals surface area contributed by atoms with Gasteiger partial charge >= 0.3 is 11.9 Å². The maximum absolute atomic E-state index is 14.4. The summed E-state index contributed by atoms with van der Waals surface area (Å²) in [6.45, 7) is 9.09. The summed E-state index contributed by atoms with van der Waals surface area (Å²) in [7, 11) is 2.85. The number of amides is 3. The summed E-state index contributed by atoms with van der Waals surface area (Å²) >= 11 is 0. The van der Waals surface area contributed by atoms with Gasteiger partial charge in [-0.2, -0.15) is 0 Å². The first kappa shape index (κ1) is 40.9. The predicted molar refractivity (Wildman–Crippen MR) is 213 cm³/mol. The number of hydrogen-bond donors (Lipinski definition) is 4. The van der Waals surface area contributed by atoms with Crippen LogP contribution in [0.25, 0.3) is 22.2 Å². The highest BCUT2D eigenvalue weighted by molar-refractivity contribution is 6.04. The van der Waals surface area contributed by atoms with Crippen LogP contribution in [0.5, 0.6) is 11.5 Å². The van der Waals surface area contributed by atoms with Gasteiger partial charge in [-0.1, -0.05) is 76.4 Å². The average molecular weight is 781 g/mol. The minimum atomic E-state index is -1.54. The highest BCUT2D eigenvalue weighted by atomic mass is 16.5. The quantitative estimate of drug-likeness (QED) is 0.120. The normalized spacial score (nSPS) is 23.0. The highest BCUT2D eigenvalue weighted by Gasteiger charge is 2.61. The maximum atomic E-state index is 14.4. The number of hydrogen-bond acceptors (Lipinski definition) is 9. The fourth-order valence-electron chi connectivity index (χ4n) is 8.04. The summed E-state index contributed by atoms with van der Waals surface area (Å²) in [6.07, 6.45) is 6.84. The van der Waals surface area contributed by atoms with Crippen molar-refractivity contribution in [2.24, 2.45) is 23.2 Å². The fourth-order valence-corrected chi connectivity index (χ4v) is 8.04. The van der Waals surface area contributed by atoms with Gasteiger partial charge in [-0.3, -0.25) is 14.4 Å². The summed E-state index contributed by atoms with van der Waals surface area (Å²) in [5, 5.41) is 19.2. The van der Waals surface area contributed by atoms with Crippen LogP contribution in [0.1, 0.15) is 65.7 Å². The topological polar surface area (TPSA) is 182 Å². The van der Waals surface area contributed by atoms with Gasteiger partial charge in [-0.25, -0.2) is 14.6 Å². The Balaban J connectivity index is 1.33. The molecule has 57 heavy (non-hydrogen) atoms. The zero-order valence-electron chi connectivity index (χ0n) is 33.1. The summed E-state index contributed by atoms with van der Waals surface area (Å²) < 4.78 is 17.2. The Morgan fingerprint density at radius 3 is 2.32 bits per heavy atom. The molecule has 6 atom stereocenters. The van der Waals surface area contributed by atoms with Crippen molar-refractivity contribution in [3.63, 3.8) is 0 Å². The lowest BCUT2D eigenvalue weighted by Crippen LogP contribution is -2.58. The molecule has 3 aliphatic rings. The molecule has 0 bridgehead atoms. The number of esters is 1. The number of pyridine rings is 1. The number of fused-ring (bicyclic) bond motifs is 1. The minimum absolute atomic E-state index is 0.00214. The van der Waals surface area contributed by atoms with Gasteiger partial charge in [-0.15, -0.1) is 6.58 Å². The van der Waals surface area contributed by atoms with Crippen molar-refractivity contribution in [3.05, 3.63) is 78.9 Å². The van der Waals surface area contributed by atoms with E-state index in [-0.39, 0.29) is 24.3 Å². The van der Waals surface area contributed by atoms with Gasteiger partial charge in [-0.05, 0) is 48.8 Å². The molecule has 2 fully saturated rings. The molecule has 302 valence electrons. The Morgan fingerprint density at radius 2 is 1.70 bits per heavy atom. The first-order chi connectivity index (χ1) is 27.2. The molecular weight excluding hydrogens is 729 g/mol. The Labute approximate surface area is 332 Å². The minimum Gasteiger partial charge on any atom is -0.497 e. The Bertz CT molecular complexity index is 2070. The second-order valence-corrected chi connectivity index (χ2v) is 16.3. The van der Waals surface area contributed by atoms with Crippen LogP contribution in [0.3, 0.4) is 0 Å². The molecule has 3 aliphatic carbocycles. The largest absolute Gasteiger partial charge is 0.497 e. The number of nitrogens with one attached hydrogen (secondary N) is 3. The number of carbonyl (C=O) groups excluding carboxylic acids is 4. The van der Waals surface area contributed by atoms with E-state index in [1.165, 1.54) is 13.2 Å². The van der Waals surface area contributed by atoms with Gasteiger partial charge < -0.3 is 35.3 Å². The number of ether oxygens (including phenoxy) is 3. The third kappa shape index (κ3) is 8.82. The number of benzene rings is 2. The Hall–Kier alpha value is -5.72. The lowest BCUT2D eigenvalue weighted by atomic mass is 9.82. The van der Waals surface area contributed by atoms with Gasteiger partial charge in [0.2, 0.25) is 17.7 Å². The third-order valence-corrected chi connectivity index (χ3v) is 11.4. The molecule has 2 aromatic carbocycles. The summed E-state index contributed by atoms with van der Waals surface area (Å²) in [5.41, 5.74) is -0.272. The van der Waals surface area contributed by atoms with Crippen molar-refractivity contribution in [2.45, 2.75) is 89.4 Å². The summed E-state index contributed by atoms with van der Waals surface area (Å²) in [4.78, 5) is 72.7. The first-order valence-electron chi connectivity index (χ1n) is 19.5. The van der Waals surface area contributed by atoms with Crippen LogP contribution >= 0.6 is 0 Å². The second-order valence-electron chi connectivity index (χ2n) is 16.3. The summed E-state index contributed by atoms with van der Waals surface area (Å²) in [5.74, 6) is -4.34. The van der Waals surface area contributed by atoms with Crippen LogP contribution in [0, 0.1) is 23.2 Å². The van der Waals surface area contributed by atoms with Crippen molar-refractivity contribution < 1.29 is 43.3 Å². The average Bonchev–Trinajstić information content (AvgIpc) is 3.77. The van der Waals surface area contributed by atoms with E-state index in [0.717, 1.165) is 37.7 Å². The van der Waals surface area contributed by atoms with Gasteiger partial charge in [0, 0.05) is 41.0 Å². The van der Waals surface area contributed by atoms with E-state index in [9.17, 15) is 29.1 Å². The number of carbonyl (C=O) groups is 5. The number of rotatable bonds is 14. The van der Waals surface area contributed by atoms with Crippen LogP contribution in [0.4, 0.5) is 0 Å². The smallest absolute Gasteiger partial charge is 0.330 e. The lowest BCUT2D eigenvalue weighted by Gasteiger charge is -2.34. The number of methoxy groups -OCH3 is 2. The molecule has 1 aromatic heterocycles. The first-order valence-corrected chi connectivity index (χ1v) is 19.5. The van der Waals surface area contributed by atoms with Gasteiger partial charge in [0.15, 0.2) is 0 Å². The Morgan fingerprint density at radius 1 is 0.982 bits per heavy atom. The van der Waals surface area contributed by atoms with Crippen LogP contribution in [0.2, 0.25) is 0 Å². The number of carboxylic acid groups (broad SMARTS) is 1. The molecule has 0 aliphatic heterocycles. The van der Waals surface area contributed by atoms with Crippen LogP contribution < -0.4 is 25.4 Å². The van der Waals surface area contributed by atoms with E-state index >= 15 is 0 Å². The molecule has 3 amide bonds. The zero-order valence-corrected chi connectivity index (χ0v) is 33.1. The molecule has 6 rings (SSSR count). The van der Waals surface area contributed by atoms with Crippen molar-refractivity contribution in [1.82, 2.24) is 20.9 Å². The van der Waals surface area contributed by atoms with E-state index in [1.54, 1.807) is 52.2 Å². The van der Waals surface area contributed by atoms with E-state index in [0.29, 0.717) is 28.1 Å². The molecule has 0 radical (unpaired) electrons. The van der Waals surface area contributed by atoms with E-state index in [2.05, 4.69) is 22.5 Å². The number of aliphatic carboxylic acids is 1. The second kappa shape index (κ2) is 16.8. The van der Waals surface area contributed by atoms with Crippen molar-refractivity contribution >= 4 is 40.6 Å². The molecule has 0 saturated heterocycles.